The number of rotatable bonds is 5. The van der Waals surface area contributed by atoms with Gasteiger partial charge in [-0.15, -0.1) is 0 Å². The lowest BCUT2D eigenvalue weighted by Gasteiger charge is -2.03. The second-order valence-corrected chi connectivity index (χ2v) is 4.81. The summed E-state index contributed by atoms with van der Waals surface area (Å²) in [5.41, 5.74) is -0.699. The molecule has 0 saturated heterocycles. The van der Waals surface area contributed by atoms with Gasteiger partial charge in [0.15, 0.2) is 5.16 Å². The minimum absolute atomic E-state index is 0.0249. The number of thioether (sulfide) groups is 1. The van der Waals surface area contributed by atoms with Gasteiger partial charge in [0.05, 0.1) is 18.4 Å². The Labute approximate surface area is 121 Å². The fraction of sp³-hybridized carbons (Fsp3) is 0.273. The molecule has 2 heterocycles. The van der Waals surface area contributed by atoms with Gasteiger partial charge in [-0.05, 0) is 6.92 Å². The van der Waals surface area contributed by atoms with Crippen molar-refractivity contribution in [2.24, 2.45) is 0 Å². The summed E-state index contributed by atoms with van der Waals surface area (Å²) in [6.07, 6.45) is 0. The molecule has 0 aliphatic carbocycles. The second kappa shape index (κ2) is 6.31. The van der Waals surface area contributed by atoms with Crippen molar-refractivity contribution in [3.05, 3.63) is 38.3 Å². The number of carbonyl (C=O) groups excluding carboxylic acids is 1. The highest BCUT2D eigenvalue weighted by atomic mass is 32.2. The van der Waals surface area contributed by atoms with Crippen LogP contribution in [-0.4, -0.2) is 37.6 Å². The van der Waals surface area contributed by atoms with Gasteiger partial charge in [0, 0.05) is 5.75 Å². The number of ether oxygens (including phenoxy) is 1. The maximum atomic E-state index is 11.7. The van der Waals surface area contributed by atoms with Crippen LogP contribution in [0.4, 0.5) is 0 Å². The number of carbonyl (C=O) groups is 1. The van der Waals surface area contributed by atoms with Crippen LogP contribution in [0.2, 0.25) is 0 Å². The molecule has 0 saturated carbocycles. The number of imidazole rings is 1. The summed E-state index contributed by atoms with van der Waals surface area (Å²) >= 11 is 1.04. The average Bonchev–Trinajstić information content (AvgIpc) is 2.77. The smallest absolute Gasteiger partial charge is 0.356 e. The molecule has 4 N–H and O–H groups in total. The molecule has 0 atom stereocenters. The molecule has 0 aliphatic heterocycles. The minimum atomic E-state index is -0.649. The number of aromatic amines is 3. The topological polar surface area (TPSA) is 141 Å². The van der Waals surface area contributed by atoms with E-state index in [0.29, 0.717) is 5.69 Å². The van der Waals surface area contributed by atoms with E-state index in [9.17, 15) is 19.5 Å². The molecule has 2 rings (SSSR count). The highest BCUT2D eigenvalue weighted by Crippen LogP contribution is 2.19. The fourth-order valence-electron chi connectivity index (χ4n) is 1.54. The van der Waals surface area contributed by atoms with Crippen LogP contribution in [0, 0.1) is 0 Å². The van der Waals surface area contributed by atoms with Crippen LogP contribution in [0.25, 0.3) is 0 Å². The Hall–Kier alpha value is -2.49. The van der Waals surface area contributed by atoms with Gasteiger partial charge in [-0.1, -0.05) is 11.8 Å². The third kappa shape index (κ3) is 3.75. The summed E-state index contributed by atoms with van der Waals surface area (Å²) in [6, 6.07) is 0.937. The Kier molecular flexibility index (Phi) is 4.48. The van der Waals surface area contributed by atoms with E-state index >= 15 is 0 Å². The van der Waals surface area contributed by atoms with Crippen LogP contribution in [0.5, 0.6) is 5.88 Å². The molecule has 9 nitrogen and oxygen atoms in total. The highest BCUT2D eigenvalue weighted by Gasteiger charge is 2.17. The van der Waals surface area contributed by atoms with Crippen molar-refractivity contribution in [2.75, 3.05) is 6.61 Å². The number of aromatic nitrogens is 4. The molecule has 0 unspecified atom stereocenters. The Balaban J connectivity index is 2.18. The standard InChI is InChI=1S/C11H12N4O5S/c1-2-20-9(18)8-5(12-10(19)15-8)4-21-11-13-6(16)3-7(17)14-11/h3H,2,4H2,1H3,(H2,12,15,19)(H2,13,14,16,17). The monoisotopic (exact) mass is 312 g/mol. The van der Waals surface area contributed by atoms with Crippen molar-refractivity contribution in [2.45, 2.75) is 17.8 Å². The molecule has 0 amide bonds. The molecule has 2 aromatic heterocycles. The molecule has 21 heavy (non-hydrogen) atoms. The van der Waals surface area contributed by atoms with Crippen LogP contribution in [-0.2, 0) is 10.5 Å². The minimum Gasteiger partial charge on any atom is -0.493 e. The van der Waals surface area contributed by atoms with Crippen molar-refractivity contribution in [3.8, 4) is 5.88 Å². The van der Waals surface area contributed by atoms with Gasteiger partial charge in [0.25, 0.3) is 5.56 Å². The molecule has 0 spiro atoms. The van der Waals surface area contributed by atoms with Gasteiger partial charge in [-0.2, -0.15) is 4.98 Å². The third-order valence-corrected chi connectivity index (χ3v) is 3.24. The summed E-state index contributed by atoms with van der Waals surface area (Å²) in [7, 11) is 0. The number of nitrogens with zero attached hydrogens (tertiary/aromatic N) is 1. The molecule has 0 aromatic carbocycles. The van der Waals surface area contributed by atoms with Crippen LogP contribution >= 0.6 is 11.8 Å². The van der Waals surface area contributed by atoms with Gasteiger partial charge in [0.1, 0.15) is 5.69 Å². The van der Waals surface area contributed by atoms with Crippen molar-refractivity contribution < 1.29 is 14.6 Å². The lowest BCUT2D eigenvalue weighted by molar-refractivity contribution is 0.0519. The Morgan fingerprint density at radius 1 is 1.38 bits per heavy atom. The summed E-state index contributed by atoms with van der Waals surface area (Å²) < 4.78 is 4.82. The van der Waals surface area contributed by atoms with E-state index in [2.05, 4.69) is 19.9 Å². The Bertz CT molecular complexity index is 762. The SMILES string of the molecule is CCOC(=O)c1[nH]c(=O)[nH]c1CSc1nc(O)cc(=O)[nH]1. The summed E-state index contributed by atoms with van der Waals surface area (Å²) in [5.74, 6) is -0.905. The first kappa shape index (κ1) is 14.9. The molecular weight excluding hydrogens is 300 g/mol. The normalized spacial score (nSPS) is 10.5. The third-order valence-electron chi connectivity index (χ3n) is 2.34. The second-order valence-electron chi connectivity index (χ2n) is 3.85. The van der Waals surface area contributed by atoms with Crippen molar-refractivity contribution in [1.82, 2.24) is 19.9 Å². The maximum Gasteiger partial charge on any atom is 0.356 e. The van der Waals surface area contributed by atoms with Gasteiger partial charge < -0.3 is 19.8 Å². The predicted molar refractivity (Wildman–Crippen MR) is 73.5 cm³/mol. The number of hydrogen-bond donors (Lipinski definition) is 4. The van der Waals surface area contributed by atoms with Gasteiger partial charge >= 0.3 is 11.7 Å². The first-order valence-corrected chi connectivity index (χ1v) is 6.89. The van der Waals surface area contributed by atoms with Crippen LogP contribution in [0.15, 0.2) is 20.8 Å². The maximum absolute atomic E-state index is 11.7. The van der Waals surface area contributed by atoms with Gasteiger partial charge in [-0.25, -0.2) is 9.59 Å². The van der Waals surface area contributed by atoms with Crippen LogP contribution in [0.3, 0.4) is 0 Å². The zero-order valence-corrected chi connectivity index (χ0v) is 11.7. The van der Waals surface area contributed by atoms with E-state index in [1.165, 1.54) is 0 Å². The van der Waals surface area contributed by atoms with E-state index in [1.807, 2.05) is 0 Å². The number of H-pyrrole nitrogens is 3. The van der Waals surface area contributed by atoms with E-state index in [1.54, 1.807) is 6.92 Å². The van der Waals surface area contributed by atoms with Crippen molar-refractivity contribution in [1.29, 1.82) is 0 Å². The zero-order chi connectivity index (χ0) is 15.4. The summed E-state index contributed by atoms with van der Waals surface area (Å²) in [5, 5.41) is 9.39. The number of esters is 1. The molecule has 10 heteroatoms. The number of aromatic hydroxyl groups is 1. The zero-order valence-electron chi connectivity index (χ0n) is 10.9. The van der Waals surface area contributed by atoms with Crippen molar-refractivity contribution >= 4 is 17.7 Å². The molecular formula is C11H12N4O5S. The van der Waals surface area contributed by atoms with Crippen LogP contribution in [0.1, 0.15) is 23.1 Å². The van der Waals surface area contributed by atoms with Crippen LogP contribution < -0.4 is 11.2 Å². The molecule has 0 radical (unpaired) electrons. The van der Waals surface area contributed by atoms with E-state index in [-0.39, 0.29) is 23.2 Å². The highest BCUT2D eigenvalue weighted by molar-refractivity contribution is 7.98. The molecule has 0 aliphatic rings. The molecule has 0 fully saturated rings. The van der Waals surface area contributed by atoms with E-state index < -0.39 is 23.1 Å². The lowest BCUT2D eigenvalue weighted by atomic mass is 10.3. The largest absolute Gasteiger partial charge is 0.493 e. The van der Waals surface area contributed by atoms with Gasteiger partial charge in [0.2, 0.25) is 5.88 Å². The molecule has 0 bridgehead atoms. The first-order chi connectivity index (χ1) is 9.99. The number of nitrogens with one attached hydrogen (secondary N) is 3. The predicted octanol–water partition coefficient (Wildman–Crippen LogP) is -0.0391. The van der Waals surface area contributed by atoms with Crippen molar-refractivity contribution in [3.63, 3.8) is 0 Å². The Morgan fingerprint density at radius 2 is 2.14 bits per heavy atom. The molecule has 112 valence electrons. The average molecular weight is 312 g/mol. The summed E-state index contributed by atoms with van der Waals surface area (Å²) in [6.45, 7) is 1.83. The lowest BCUT2D eigenvalue weighted by Crippen LogP contribution is -2.09. The quantitative estimate of drug-likeness (QED) is 0.345. The van der Waals surface area contributed by atoms with E-state index in [0.717, 1.165) is 17.8 Å². The van der Waals surface area contributed by atoms with Gasteiger partial charge in [-0.3, -0.25) is 9.78 Å². The van der Waals surface area contributed by atoms with E-state index in [4.69, 9.17) is 4.74 Å². The Morgan fingerprint density at radius 3 is 2.81 bits per heavy atom. The summed E-state index contributed by atoms with van der Waals surface area (Å²) in [4.78, 5) is 45.1. The first-order valence-electron chi connectivity index (χ1n) is 5.91. The molecule has 2 aromatic rings. The fourth-order valence-corrected chi connectivity index (χ4v) is 2.37. The number of hydrogen-bond acceptors (Lipinski definition) is 7.